The second kappa shape index (κ2) is 5.45. The Hall–Kier alpha value is -1.94. The van der Waals surface area contributed by atoms with Gasteiger partial charge in [0.2, 0.25) is 0 Å². The topological polar surface area (TPSA) is 55.0 Å². The molecule has 0 saturated heterocycles. The predicted octanol–water partition coefficient (Wildman–Crippen LogP) is 2.58. The first kappa shape index (κ1) is 14.0. The lowest BCUT2D eigenvalue weighted by Crippen LogP contribution is -2.27. The summed E-state index contributed by atoms with van der Waals surface area (Å²) in [6.45, 7) is 6.39. The Morgan fingerprint density at radius 1 is 1.33 bits per heavy atom. The highest BCUT2D eigenvalue weighted by Crippen LogP contribution is 2.28. The normalized spacial score (nSPS) is 15.0. The van der Waals surface area contributed by atoms with E-state index in [0.29, 0.717) is 5.82 Å². The van der Waals surface area contributed by atoms with Crippen molar-refractivity contribution >= 4 is 5.82 Å². The zero-order chi connectivity index (χ0) is 15.0. The van der Waals surface area contributed by atoms with Gasteiger partial charge < -0.3 is 10.6 Å². The Labute approximate surface area is 126 Å². The molecule has 2 N–H and O–H groups in total. The van der Waals surface area contributed by atoms with Crippen molar-refractivity contribution in [1.82, 2.24) is 14.9 Å². The van der Waals surface area contributed by atoms with E-state index in [0.717, 1.165) is 42.9 Å². The number of aromatic nitrogens is 2. The summed E-state index contributed by atoms with van der Waals surface area (Å²) >= 11 is 0. The van der Waals surface area contributed by atoms with Crippen LogP contribution in [0.25, 0.3) is 11.3 Å². The summed E-state index contributed by atoms with van der Waals surface area (Å²) < 4.78 is 0. The minimum Gasteiger partial charge on any atom is -0.382 e. The fraction of sp³-hybridized carbons (Fsp3) is 0.412. The summed E-state index contributed by atoms with van der Waals surface area (Å²) in [5, 5.41) is 0. The molecule has 4 nitrogen and oxygen atoms in total. The van der Waals surface area contributed by atoms with Crippen LogP contribution in [0.1, 0.15) is 29.3 Å². The van der Waals surface area contributed by atoms with Gasteiger partial charge in [0.15, 0.2) is 0 Å². The molecule has 0 atom stereocenters. The van der Waals surface area contributed by atoms with Gasteiger partial charge >= 0.3 is 0 Å². The van der Waals surface area contributed by atoms with Crippen LogP contribution in [0.5, 0.6) is 0 Å². The molecule has 21 heavy (non-hydrogen) atoms. The van der Waals surface area contributed by atoms with Gasteiger partial charge in [-0.3, -0.25) is 0 Å². The molecule has 3 rings (SSSR count). The zero-order valence-electron chi connectivity index (χ0n) is 13.0. The van der Waals surface area contributed by atoms with E-state index >= 15 is 0 Å². The van der Waals surface area contributed by atoms with Crippen molar-refractivity contribution in [3.63, 3.8) is 0 Å². The molecule has 0 fully saturated rings. The lowest BCUT2D eigenvalue weighted by atomic mass is 9.92. The number of rotatable bonds is 2. The molecule has 1 aliphatic heterocycles. The standard InChI is InChI=1S/C17H22N4/c1-4-15-17(18)19-9-16(20-15)12-7-11(2)14-5-6-21(3)10-13(14)8-12/h7-9H,4-6,10H2,1-3H3,(H2,18,19). The first-order chi connectivity index (χ1) is 10.1. The van der Waals surface area contributed by atoms with Crippen LogP contribution in [0, 0.1) is 6.92 Å². The smallest absolute Gasteiger partial charge is 0.145 e. The van der Waals surface area contributed by atoms with Gasteiger partial charge in [-0.05, 0) is 55.6 Å². The zero-order valence-corrected chi connectivity index (χ0v) is 13.0. The number of anilines is 1. The maximum absolute atomic E-state index is 5.86. The first-order valence-corrected chi connectivity index (χ1v) is 7.51. The van der Waals surface area contributed by atoms with Crippen molar-refractivity contribution in [2.24, 2.45) is 0 Å². The summed E-state index contributed by atoms with van der Waals surface area (Å²) in [4.78, 5) is 11.3. The number of nitrogens with two attached hydrogens (primary N) is 1. The number of fused-ring (bicyclic) bond motifs is 1. The minimum atomic E-state index is 0.538. The third-order valence-corrected chi connectivity index (χ3v) is 4.26. The summed E-state index contributed by atoms with van der Waals surface area (Å²) in [6.07, 6.45) is 3.72. The molecule has 0 spiro atoms. The fourth-order valence-corrected chi connectivity index (χ4v) is 3.05. The summed E-state index contributed by atoms with van der Waals surface area (Å²) in [6, 6.07) is 4.49. The molecule has 1 aliphatic rings. The SMILES string of the molecule is CCc1nc(-c2cc(C)c3c(c2)CN(C)CC3)cnc1N. The van der Waals surface area contributed by atoms with E-state index in [4.69, 9.17) is 5.73 Å². The van der Waals surface area contributed by atoms with Gasteiger partial charge in [-0.1, -0.05) is 6.92 Å². The molecular formula is C17H22N4. The van der Waals surface area contributed by atoms with Crippen LogP contribution in [-0.4, -0.2) is 28.5 Å². The largest absolute Gasteiger partial charge is 0.382 e. The quantitative estimate of drug-likeness (QED) is 0.920. The van der Waals surface area contributed by atoms with Crippen LogP contribution in [0.15, 0.2) is 18.3 Å². The first-order valence-electron chi connectivity index (χ1n) is 7.51. The third kappa shape index (κ3) is 2.63. The second-order valence-electron chi connectivity index (χ2n) is 5.86. The van der Waals surface area contributed by atoms with Crippen molar-refractivity contribution in [3.05, 3.63) is 40.7 Å². The van der Waals surface area contributed by atoms with Crippen molar-refractivity contribution in [1.29, 1.82) is 0 Å². The molecule has 2 aromatic rings. The number of likely N-dealkylation sites (N-methyl/N-ethyl adjacent to an activating group) is 1. The van der Waals surface area contributed by atoms with E-state index < -0.39 is 0 Å². The van der Waals surface area contributed by atoms with Gasteiger partial charge in [0.05, 0.1) is 17.6 Å². The van der Waals surface area contributed by atoms with Gasteiger partial charge in [0.1, 0.15) is 5.82 Å². The number of aryl methyl sites for hydroxylation is 2. The maximum atomic E-state index is 5.86. The lowest BCUT2D eigenvalue weighted by Gasteiger charge is -2.27. The van der Waals surface area contributed by atoms with Gasteiger partial charge in [0, 0.05) is 18.7 Å². The number of hydrogen-bond donors (Lipinski definition) is 1. The van der Waals surface area contributed by atoms with Gasteiger partial charge in [-0.15, -0.1) is 0 Å². The average Bonchev–Trinajstić information content (AvgIpc) is 2.47. The number of nitrogens with zero attached hydrogens (tertiary/aromatic N) is 3. The van der Waals surface area contributed by atoms with Crippen molar-refractivity contribution < 1.29 is 0 Å². The lowest BCUT2D eigenvalue weighted by molar-refractivity contribution is 0.312. The molecule has 0 amide bonds. The van der Waals surface area contributed by atoms with Gasteiger partial charge in [0.25, 0.3) is 0 Å². The summed E-state index contributed by atoms with van der Waals surface area (Å²) in [7, 11) is 2.17. The maximum Gasteiger partial charge on any atom is 0.145 e. The summed E-state index contributed by atoms with van der Waals surface area (Å²) in [5.74, 6) is 0.538. The molecule has 2 heterocycles. The monoisotopic (exact) mass is 282 g/mol. The molecule has 0 unspecified atom stereocenters. The molecule has 0 aliphatic carbocycles. The fourth-order valence-electron chi connectivity index (χ4n) is 3.05. The van der Waals surface area contributed by atoms with Crippen molar-refractivity contribution in [2.75, 3.05) is 19.3 Å². The van der Waals surface area contributed by atoms with E-state index in [-0.39, 0.29) is 0 Å². The minimum absolute atomic E-state index is 0.538. The predicted molar refractivity (Wildman–Crippen MR) is 86.0 cm³/mol. The Kier molecular flexibility index (Phi) is 3.64. The Bertz CT molecular complexity index is 679. The molecule has 0 saturated carbocycles. The molecule has 4 heteroatoms. The third-order valence-electron chi connectivity index (χ3n) is 4.26. The molecule has 1 aromatic carbocycles. The molecule has 0 bridgehead atoms. The number of hydrogen-bond acceptors (Lipinski definition) is 4. The summed E-state index contributed by atoms with van der Waals surface area (Å²) in [5.41, 5.74) is 13.1. The van der Waals surface area contributed by atoms with Crippen LogP contribution in [0.4, 0.5) is 5.82 Å². The molecular weight excluding hydrogens is 260 g/mol. The Morgan fingerprint density at radius 3 is 2.90 bits per heavy atom. The van der Waals surface area contributed by atoms with Crippen molar-refractivity contribution in [2.45, 2.75) is 33.2 Å². The van der Waals surface area contributed by atoms with Crippen LogP contribution in [0.3, 0.4) is 0 Å². The molecule has 1 aromatic heterocycles. The van der Waals surface area contributed by atoms with E-state index in [1.807, 2.05) is 0 Å². The van der Waals surface area contributed by atoms with Crippen LogP contribution >= 0.6 is 0 Å². The average molecular weight is 282 g/mol. The molecule has 110 valence electrons. The van der Waals surface area contributed by atoms with Crippen LogP contribution < -0.4 is 5.73 Å². The number of nitrogen functional groups attached to an aromatic ring is 1. The van der Waals surface area contributed by atoms with E-state index in [1.165, 1.54) is 16.7 Å². The van der Waals surface area contributed by atoms with Crippen molar-refractivity contribution in [3.8, 4) is 11.3 Å². The van der Waals surface area contributed by atoms with E-state index in [1.54, 1.807) is 6.20 Å². The Morgan fingerprint density at radius 2 is 2.14 bits per heavy atom. The van der Waals surface area contributed by atoms with E-state index in [2.05, 4.69) is 47.9 Å². The van der Waals surface area contributed by atoms with Gasteiger partial charge in [-0.25, -0.2) is 9.97 Å². The van der Waals surface area contributed by atoms with Crippen LogP contribution in [-0.2, 0) is 19.4 Å². The molecule has 0 radical (unpaired) electrons. The highest BCUT2D eigenvalue weighted by atomic mass is 15.1. The van der Waals surface area contributed by atoms with Gasteiger partial charge in [-0.2, -0.15) is 0 Å². The second-order valence-corrected chi connectivity index (χ2v) is 5.86. The highest BCUT2D eigenvalue weighted by Gasteiger charge is 2.17. The Balaban J connectivity index is 2.07. The van der Waals surface area contributed by atoms with E-state index in [9.17, 15) is 0 Å². The highest BCUT2D eigenvalue weighted by molar-refractivity contribution is 5.63. The number of benzene rings is 1. The van der Waals surface area contributed by atoms with Crippen LogP contribution in [0.2, 0.25) is 0 Å².